The second kappa shape index (κ2) is 6.56. The minimum atomic E-state index is -2.95. The fraction of sp³-hybridized carbons (Fsp3) is 0.533. The molecular weight excluding hydrogens is 340 g/mol. The van der Waals surface area contributed by atoms with Crippen molar-refractivity contribution in [2.24, 2.45) is 5.92 Å². The normalized spacial score (nSPS) is 20.5. The predicted molar refractivity (Wildman–Crippen MR) is 85.2 cm³/mol. The fourth-order valence-electron chi connectivity index (χ4n) is 2.82. The van der Waals surface area contributed by atoms with Gasteiger partial charge in [-0.15, -0.1) is 11.3 Å². The van der Waals surface area contributed by atoms with Gasteiger partial charge in [-0.05, 0) is 11.4 Å². The number of nitrogens with zero attached hydrogens (tertiary/aromatic N) is 3. The lowest BCUT2D eigenvalue weighted by Gasteiger charge is -2.37. The highest BCUT2D eigenvalue weighted by Crippen LogP contribution is 2.33. The van der Waals surface area contributed by atoms with Crippen molar-refractivity contribution in [1.82, 2.24) is 14.5 Å². The number of halogens is 2. The Labute approximate surface area is 140 Å². The molecule has 1 unspecified atom stereocenters. The van der Waals surface area contributed by atoms with Gasteiger partial charge >= 0.3 is 0 Å². The van der Waals surface area contributed by atoms with Crippen molar-refractivity contribution in [3.8, 4) is 0 Å². The molecule has 1 fully saturated rings. The van der Waals surface area contributed by atoms with Crippen LogP contribution >= 0.6 is 11.3 Å². The third-order valence-electron chi connectivity index (χ3n) is 4.34. The number of piperidine rings is 1. The van der Waals surface area contributed by atoms with Gasteiger partial charge in [0, 0.05) is 32.5 Å². The molecule has 0 radical (unpaired) electrons. The first-order valence-electron chi connectivity index (χ1n) is 7.61. The summed E-state index contributed by atoms with van der Waals surface area (Å²) >= 11 is 1.37. The fourth-order valence-corrected chi connectivity index (χ4v) is 3.55. The van der Waals surface area contributed by atoms with Crippen molar-refractivity contribution in [2.45, 2.75) is 25.3 Å². The number of aromatic nitrogens is 2. The summed E-state index contributed by atoms with van der Waals surface area (Å²) in [6, 6.07) is 1.69. The second-order valence-electron chi connectivity index (χ2n) is 5.86. The van der Waals surface area contributed by atoms with E-state index in [2.05, 4.69) is 4.98 Å². The zero-order valence-corrected chi connectivity index (χ0v) is 13.6. The van der Waals surface area contributed by atoms with Crippen LogP contribution in [0, 0.1) is 5.92 Å². The van der Waals surface area contributed by atoms with Crippen LogP contribution in [0.1, 0.15) is 12.8 Å². The van der Waals surface area contributed by atoms with Gasteiger partial charge in [0.25, 0.3) is 11.5 Å². The largest absolute Gasteiger partial charge is 0.396 e. The number of carbonyl (C=O) groups excluding carboxylic acids is 1. The van der Waals surface area contributed by atoms with E-state index in [1.165, 1.54) is 27.1 Å². The highest BCUT2D eigenvalue weighted by atomic mass is 32.1. The molecular formula is C15H17F2N3O3S. The molecule has 1 N–H and O–H groups in total. The number of alkyl halides is 2. The SMILES string of the molecule is O=C(CCn1cnc2sccc2c1=O)N1CCC(F)(F)C(CO)C1. The molecule has 9 heteroatoms. The number of likely N-dealkylation sites (tertiary alicyclic amines) is 1. The smallest absolute Gasteiger partial charge is 0.262 e. The summed E-state index contributed by atoms with van der Waals surface area (Å²) < 4.78 is 28.5. The van der Waals surface area contributed by atoms with Crippen LogP contribution in [-0.2, 0) is 11.3 Å². The zero-order chi connectivity index (χ0) is 17.3. The number of hydrogen-bond acceptors (Lipinski definition) is 5. The molecule has 3 heterocycles. The van der Waals surface area contributed by atoms with E-state index >= 15 is 0 Å². The molecule has 0 bridgehead atoms. The van der Waals surface area contributed by atoms with Crippen LogP contribution in [0.3, 0.4) is 0 Å². The summed E-state index contributed by atoms with van der Waals surface area (Å²) in [4.78, 5) is 30.6. The van der Waals surface area contributed by atoms with Crippen LogP contribution in [0.5, 0.6) is 0 Å². The van der Waals surface area contributed by atoms with Crippen molar-refractivity contribution in [3.63, 3.8) is 0 Å². The molecule has 1 saturated heterocycles. The lowest BCUT2D eigenvalue weighted by molar-refractivity contribution is -0.149. The maximum Gasteiger partial charge on any atom is 0.262 e. The lowest BCUT2D eigenvalue weighted by atomic mass is 9.94. The summed E-state index contributed by atoms with van der Waals surface area (Å²) in [5, 5.41) is 11.4. The lowest BCUT2D eigenvalue weighted by Crippen LogP contribution is -2.50. The molecule has 6 nitrogen and oxygen atoms in total. The van der Waals surface area contributed by atoms with Crippen molar-refractivity contribution < 1.29 is 18.7 Å². The number of aryl methyl sites for hydroxylation is 1. The Morgan fingerprint density at radius 2 is 2.29 bits per heavy atom. The molecule has 0 aliphatic carbocycles. The first-order valence-corrected chi connectivity index (χ1v) is 8.49. The number of fused-ring (bicyclic) bond motifs is 1. The van der Waals surface area contributed by atoms with Crippen molar-refractivity contribution in [3.05, 3.63) is 28.1 Å². The molecule has 0 spiro atoms. The average Bonchev–Trinajstić information content (AvgIpc) is 3.03. The van der Waals surface area contributed by atoms with Crippen LogP contribution in [0.2, 0.25) is 0 Å². The van der Waals surface area contributed by atoms with Crippen LogP contribution < -0.4 is 5.56 Å². The Kier molecular flexibility index (Phi) is 4.64. The third kappa shape index (κ3) is 3.18. The molecule has 130 valence electrons. The minimum absolute atomic E-state index is 0.0287. The van der Waals surface area contributed by atoms with Gasteiger partial charge in [0.05, 0.1) is 24.2 Å². The van der Waals surface area contributed by atoms with E-state index < -0.39 is 24.9 Å². The first kappa shape index (κ1) is 17.0. The molecule has 2 aromatic heterocycles. The Bertz CT molecular complexity index is 805. The molecule has 1 aliphatic heterocycles. The number of aliphatic hydroxyl groups is 1. The molecule has 24 heavy (non-hydrogen) atoms. The minimum Gasteiger partial charge on any atom is -0.396 e. The van der Waals surface area contributed by atoms with E-state index in [-0.39, 0.29) is 37.5 Å². The molecule has 1 aliphatic rings. The number of aliphatic hydroxyl groups excluding tert-OH is 1. The summed E-state index contributed by atoms with van der Waals surface area (Å²) in [6.07, 6.45) is 0.975. The topological polar surface area (TPSA) is 75.4 Å². The molecule has 2 aromatic rings. The second-order valence-corrected chi connectivity index (χ2v) is 6.76. The van der Waals surface area contributed by atoms with E-state index in [0.29, 0.717) is 10.2 Å². The maximum absolute atomic E-state index is 13.6. The summed E-state index contributed by atoms with van der Waals surface area (Å²) in [5.41, 5.74) is -0.215. The van der Waals surface area contributed by atoms with E-state index in [1.807, 2.05) is 0 Å². The molecule has 0 aromatic carbocycles. The van der Waals surface area contributed by atoms with Gasteiger partial charge in [-0.3, -0.25) is 14.2 Å². The zero-order valence-electron chi connectivity index (χ0n) is 12.8. The van der Waals surface area contributed by atoms with E-state index in [4.69, 9.17) is 5.11 Å². The first-order chi connectivity index (χ1) is 11.4. The van der Waals surface area contributed by atoms with Gasteiger partial charge in [-0.1, -0.05) is 0 Å². The van der Waals surface area contributed by atoms with Gasteiger partial charge < -0.3 is 10.0 Å². The molecule has 1 atom stereocenters. The number of amides is 1. The number of thiophene rings is 1. The summed E-state index contributed by atoms with van der Waals surface area (Å²) in [5.74, 6) is -4.49. The van der Waals surface area contributed by atoms with Crippen molar-refractivity contribution in [1.29, 1.82) is 0 Å². The van der Waals surface area contributed by atoms with Crippen LogP contribution in [0.15, 0.2) is 22.6 Å². The summed E-state index contributed by atoms with van der Waals surface area (Å²) in [7, 11) is 0. The highest BCUT2D eigenvalue weighted by molar-refractivity contribution is 7.16. The number of hydrogen-bond donors (Lipinski definition) is 1. The number of rotatable bonds is 4. The van der Waals surface area contributed by atoms with Gasteiger partial charge in [-0.25, -0.2) is 13.8 Å². The molecule has 3 rings (SSSR count). The Hall–Kier alpha value is -1.87. The third-order valence-corrected chi connectivity index (χ3v) is 5.16. The van der Waals surface area contributed by atoms with Crippen molar-refractivity contribution >= 4 is 27.5 Å². The molecule has 0 saturated carbocycles. The summed E-state index contributed by atoms with van der Waals surface area (Å²) in [6.45, 7) is -0.722. The van der Waals surface area contributed by atoms with E-state index in [1.54, 1.807) is 11.4 Å². The maximum atomic E-state index is 13.6. The standard InChI is InChI=1S/C15H17F2N3O3S/c16-15(17)3-5-19(7-10(15)8-21)12(22)1-4-20-9-18-13-11(14(20)23)2-6-24-13/h2,6,9-10,21H,1,3-5,7-8H2. The van der Waals surface area contributed by atoms with Crippen LogP contribution in [-0.4, -0.2) is 51.1 Å². The Morgan fingerprint density at radius 1 is 1.50 bits per heavy atom. The van der Waals surface area contributed by atoms with Gasteiger partial charge in [-0.2, -0.15) is 0 Å². The van der Waals surface area contributed by atoms with Gasteiger partial charge in [0.1, 0.15) is 4.83 Å². The highest BCUT2D eigenvalue weighted by Gasteiger charge is 2.44. The number of carbonyl (C=O) groups is 1. The van der Waals surface area contributed by atoms with Crippen LogP contribution in [0.4, 0.5) is 8.78 Å². The van der Waals surface area contributed by atoms with Crippen molar-refractivity contribution in [2.75, 3.05) is 19.7 Å². The van der Waals surface area contributed by atoms with E-state index in [9.17, 15) is 18.4 Å². The predicted octanol–water partition coefficient (Wildman–Crippen LogP) is 1.32. The van der Waals surface area contributed by atoms with Gasteiger partial charge in [0.15, 0.2) is 0 Å². The van der Waals surface area contributed by atoms with Gasteiger partial charge in [0.2, 0.25) is 5.91 Å². The average molecular weight is 357 g/mol. The monoisotopic (exact) mass is 357 g/mol. The Morgan fingerprint density at radius 3 is 3.04 bits per heavy atom. The van der Waals surface area contributed by atoms with Crippen LogP contribution in [0.25, 0.3) is 10.2 Å². The molecule has 1 amide bonds. The Balaban J connectivity index is 1.65. The quantitative estimate of drug-likeness (QED) is 0.896. The van der Waals surface area contributed by atoms with E-state index in [0.717, 1.165) is 0 Å².